The van der Waals surface area contributed by atoms with E-state index < -0.39 is 6.10 Å². The van der Waals surface area contributed by atoms with E-state index in [1.54, 1.807) is 19.1 Å². The molecule has 1 unspecified atom stereocenters. The van der Waals surface area contributed by atoms with Crippen molar-refractivity contribution in [3.8, 4) is 0 Å². The maximum absolute atomic E-state index is 13.4. The molecule has 0 fully saturated rings. The SMILES string of the molecule is Cc1ccc(NCC(O)c2cccc(Br)c2)cc1F. The van der Waals surface area contributed by atoms with Gasteiger partial charge in [0, 0.05) is 16.7 Å². The lowest BCUT2D eigenvalue weighted by Crippen LogP contribution is -2.12. The normalized spacial score (nSPS) is 12.2. The highest BCUT2D eigenvalue weighted by molar-refractivity contribution is 9.10. The zero-order valence-corrected chi connectivity index (χ0v) is 12.1. The largest absolute Gasteiger partial charge is 0.387 e. The molecule has 19 heavy (non-hydrogen) atoms. The van der Waals surface area contributed by atoms with E-state index >= 15 is 0 Å². The van der Waals surface area contributed by atoms with Crippen molar-refractivity contribution in [1.29, 1.82) is 0 Å². The van der Waals surface area contributed by atoms with E-state index in [1.807, 2.05) is 24.3 Å². The molecule has 2 nitrogen and oxygen atoms in total. The maximum Gasteiger partial charge on any atom is 0.128 e. The van der Waals surface area contributed by atoms with Crippen LogP contribution in [-0.2, 0) is 0 Å². The maximum atomic E-state index is 13.4. The predicted molar refractivity (Wildman–Crippen MR) is 78.7 cm³/mol. The van der Waals surface area contributed by atoms with Gasteiger partial charge in [0.2, 0.25) is 0 Å². The Morgan fingerprint density at radius 3 is 2.74 bits per heavy atom. The van der Waals surface area contributed by atoms with Crippen molar-refractivity contribution in [2.45, 2.75) is 13.0 Å². The van der Waals surface area contributed by atoms with Crippen LogP contribution >= 0.6 is 15.9 Å². The average Bonchev–Trinajstić information content (AvgIpc) is 2.40. The molecule has 0 radical (unpaired) electrons. The summed E-state index contributed by atoms with van der Waals surface area (Å²) in [6, 6.07) is 12.4. The highest BCUT2D eigenvalue weighted by Gasteiger charge is 2.08. The van der Waals surface area contributed by atoms with Crippen molar-refractivity contribution in [1.82, 2.24) is 0 Å². The molecule has 2 rings (SSSR count). The molecule has 0 spiro atoms. The molecule has 0 saturated carbocycles. The minimum Gasteiger partial charge on any atom is -0.387 e. The number of hydrogen-bond donors (Lipinski definition) is 2. The van der Waals surface area contributed by atoms with Crippen LogP contribution in [0, 0.1) is 12.7 Å². The molecule has 4 heteroatoms. The summed E-state index contributed by atoms with van der Waals surface area (Å²) >= 11 is 3.36. The summed E-state index contributed by atoms with van der Waals surface area (Å²) in [4.78, 5) is 0. The molecule has 0 heterocycles. The summed E-state index contributed by atoms with van der Waals surface area (Å²) in [5, 5.41) is 13.1. The van der Waals surface area contributed by atoms with Crippen molar-refractivity contribution >= 4 is 21.6 Å². The third-order valence-corrected chi connectivity index (χ3v) is 3.40. The Bertz CT molecular complexity index is 574. The fourth-order valence-corrected chi connectivity index (χ4v) is 2.17. The Kier molecular flexibility index (Phi) is 4.56. The Hall–Kier alpha value is -1.39. The van der Waals surface area contributed by atoms with Crippen LogP contribution in [0.5, 0.6) is 0 Å². The third-order valence-electron chi connectivity index (χ3n) is 2.90. The van der Waals surface area contributed by atoms with Gasteiger partial charge in [-0.25, -0.2) is 4.39 Å². The molecule has 100 valence electrons. The molecule has 0 aliphatic heterocycles. The topological polar surface area (TPSA) is 32.3 Å². The zero-order chi connectivity index (χ0) is 13.8. The van der Waals surface area contributed by atoms with Crippen molar-refractivity contribution < 1.29 is 9.50 Å². The van der Waals surface area contributed by atoms with Crippen LogP contribution in [0.2, 0.25) is 0 Å². The highest BCUT2D eigenvalue weighted by atomic mass is 79.9. The van der Waals surface area contributed by atoms with Gasteiger partial charge in [-0.1, -0.05) is 34.1 Å². The van der Waals surface area contributed by atoms with E-state index in [0.717, 1.165) is 10.0 Å². The van der Waals surface area contributed by atoms with Crippen LogP contribution in [0.15, 0.2) is 46.9 Å². The number of aryl methyl sites for hydroxylation is 1. The number of rotatable bonds is 4. The van der Waals surface area contributed by atoms with Crippen LogP contribution in [-0.4, -0.2) is 11.7 Å². The Labute approximate surface area is 120 Å². The van der Waals surface area contributed by atoms with Crippen molar-refractivity contribution in [3.05, 3.63) is 63.9 Å². The van der Waals surface area contributed by atoms with Crippen LogP contribution in [0.1, 0.15) is 17.2 Å². The van der Waals surface area contributed by atoms with Crippen LogP contribution < -0.4 is 5.32 Å². The highest BCUT2D eigenvalue weighted by Crippen LogP contribution is 2.19. The molecule has 0 aliphatic carbocycles. The molecule has 2 aromatic rings. The number of benzene rings is 2. The fraction of sp³-hybridized carbons (Fsp3) is 0.200. The lowest BCUT2D eigenvalue weighted by Gasteiger charge is -2.14. The average molecular weight is 324 g/mol. The van der Waals surface area contributed by atoms with Gasteiger partial charge in [-0.2, -0.15) is 0 Å². The van der Waals surface area contributed by atoms with Gasteiger partial charge in [0.25, 0.3) is 0 Å². The Balaban J connectivity index is 2.00. The lowest BCUT2D eigenvalue weighted by atomic mass is 10.1. The molecule has 0 saturated heterocycles. The molecular formula is C15H15BrFNO. The number of halogens is 2. The Morgan fingerprint density at radius 1 is 1.26 bits per heavy atom. The van der Waals surface area contributed by atoms with Gasteiger partial charge in [-0.05, 0) is 42.3 Å². The van der Waals surface area contributed by atoms with Crippen molar-refractivity contribution in [3.63, 3.8) is 0 Å². The fourth-order valence-electron chi connectivity index (χ4n) is 1.75. The molecule has 2 aromatic carbocycles. The van der Waals surface area contributed by atoms with Crippen LogP contribution in [0.25, 0.3) is 0 Å². The molecular weight excluding hydrogens is 309 g/mol. The van der Waals surface area contributed by atoms with Crippen LogP contribution in [0.4, 0.5) is 10.1 Å². The minimum absolute atomic E-state index is 0.248. The van der Waals surface area contributed by atoms with Crippen LogP contribution in [0.3, 0.4) is 0 Å². The standard InChI is InChI=1S/C15H15BrFNO/c1-10-5-6-13(8-14(10)17)18-9-15(19)11-3-2-4-12(16)7-11/h2-8,15,18-19H,9H2,1H3. The summed E-state index contributed by atoms with van der Waals surface area (Å²) in [5.74, 6) is -0.248. The van der Waals surface area contributed by atoms with Gasteiger partial charge in [0.15, 0.2) is 0 Å². The first kappa shape index (κ1) is 14.0. The van der Waals surface area contributed by atoms with Gasteiger partial charge in [-0.3, -0.25) is 0 Å². The molecule has 0 amide bonds. The third kappa shape index (κ3) is 3.78. The lowest BCUT2D eigenvalue weighted by molar-refractivity contribution is 0.191. The smallest absolute Gasteiger partial charge is 0.128 e. The van der Waals surface area contributed by atoms with Gasteiger partial charge in [-0.15, -0.1) is 0 Å². The van der Waals surface area contributed by atoms with Gasteiger partial charge in [0.1, 0.15) is 5.82 Å². The molecule has 2 N–H and O–H groups in total. The van der Waals surface area contributed by atoms with Gasteiger partial charge < -0.3 is 10.4 Å². The number of nitrogens with one attached hydrogen (secondary N) is 1. The first-order chi connectivity index (χ1) is 9.06. The summed E-state index contributed by atoms with van der Waals surface area (Å²) in [6.07, 6.45) is -0.637. The second kappa shape index (κ2) is 6.17. The van der Waals surface area contributed by atoms with E-state index in [0.29, 0.717) is 17.8 Å². The molecule has 0 aromatic heterocycles. The first-order valence-electron chi connectivity index (χ1n) is 6.00. The second-order valence-corrected chi connectivity index (χ2v) is 5.33. The molecule has 0 bridgehead atoms. The summed E-state index contributed by atoms with van der Waals surface area (Å²) in [5.41, 5.74) is 2.09. The van der Waals surface area contributed by atoms with E-state index in [9.17, 15) is 9.50 Å². The van der Waals surface area contributed by atoms with E-state index in [2.05, 4.69) is 21.2 Å². The monoisotopic (exact) mass is 323 g/mol. The van der Waals surface area contributed by atoms with Crippen molar-refractivity contribution in [2.24, 2.45) is 0 Å². The summed E-state index contributed by atoms with van der Waals surface area (Å²) in [7, 11) is 0. The zero-order valence-electron chi connectivity index (χ0n) is 10.5. The number of anilines is 1. The number of aliphatic hydroxyl groups is 1. The quantitative estimate of drug-likeness (QED) is 0.889. The van der Waals surface area contributed by atoms with Crippen molar-refractivity contribution in [2.75, 3.05) is 11.9 Å². The summed E-state index contributed by atoms with van der Waals surface area (Å²) < 4.78 is 14.3. The molecule has 0 aliphatic rings. The Morgan fingerprint density at radius 2 is 2.05 bits per heavy atom. The van der Waals surface area contributed by atoms with E-state index in [4.69, 9.17) is 0 Å². The summed E-state index contributed by atoms with van der Waals surface area (Å²) in [6.45, 7) is 2.05. The van der Waals surface area contributed by atoms with E-state index in [-0.39, 0.29) is 5.82 Å². The number of aliphatic hydroxyl groups excluding tert-OH is 1. The predicted octanol–water partition coefficient (Wildman–Crippen LogP) is 4.04. The minimum atomic E-state index is -0.637. The molecule has 1 atom stereocenters. The van der Waals surface area contributed by atoms with E-state index in [1.165, 1.54) is 6.07 Å². The number of hydrogen-bond acceptors (Lipinski definition) is 2. The first-order valence-corrected chi connectivity index (χ1v) is 6.79. The van der Waals surface area contributed by atoms with Gasteiger partial charge >= 0.3 is 0 Å². The second-order valence-electron chi connectivity index (χ2n) is 4.42. The van der Waals surface area contributed by atoms with Gasteiger partial charge in [0.05, 0.1) is 6.10 Å².